The first-order valence-electron chi connectivity index (χ1n) is 7.92. The second-order valence-corrected chi connectivity index (χ2v) is 6.74. The van der Waals surface area contributed by atoms with Crippen LogP contribution in [0, 0.1) is 5.92 Å². The SMILES string of the molecule is COC(=O)O[C@H](C)/C(=C/C1CCCCC1)C(=O)OC(C)(C)C. The van der Waals surface area contributed by atoms with Gasteiger partial charge in [-0.1, -0.05) is 25.3 Å². The highest BCUT2D eigenvalue weighted by atomic mass is 16.7. The number of ether oxygens (including phenoxy) is 3. The molecule has 0 N–H and O–H groups in total. The van der Waals surface area contributed by atoms with Crippen LogP contribution in [0.25, 0.3) is 0 Å². The number of rotatable bonds is 4. The number of carbonyl (C=O) groups is 2. The van der Waals surface area contributed by atoms with E-state index in [4.69, 9.17) is 9.47 Å². The third kappa shape index (κ3) is 6.50. The highest BCUT2D eigenvalue weighted by Crippen LogP contribution is 2.27. The Bertz CT molecular complexity index is 413. The quantitative estimate of drug-likeness (QED) is 0.580. The Morgan fingerprint density at radius 1 is 1.14 bits per heavy atom. The van der Waals surface area contributed by atoms with Gasteiger partial charge in [-0.15, -0.1) is 0 Å². The van der Waals surface area contributed by atoms with Crippen LogP contribution in [-0.2, 0) is 19.0 Å². The summed E-state index contributed by atoms with van der Waals surface area (Å²) in [5, 5.41) is 0. The van der Waals surface area contributed by atoms with Crippen molar-refractivity contribution < 1.29 is 23.8 Å². The molecule has 1 atom stereocenters. The fourth-order valence-electron chi connectivity index (χ4n) is 2.52. The summed E-state index contributed by atoms with van der Waals surface area (Å²) in [4.78, 5) is 23.7. The van der Waals surface area contributed by atoms with Gasteiger partial charge in [0, 0.05) is 0 Å². The Morgan fingerprint density at radius 3 is 2.23 bits per heavy atom. The molecule has 22 heavy (non-hydrogen) atoms. The van der Waals surface area contributed by atoms with E-state index in [9.17, 15) is 9.59 Å². The number of hydrogen-bond donors (Lipinski definition) is 0. The molecule has 0 amide bonds. The predicted octanol–water partition coefficient (Wildman–Crippen LogP) is 4.01. The topological polar surface area (TPSA) is 61.8 Å². The van der Waals surface area contributed by atoms with Crippen molar-refractivity contribution in [2.24, 2.45) is 5.92 Å². The maximum atomic E-state index is 12.4. The molecule has 0 spiro atoms. The van der Waals surface area contributed by atoms with Gasteiger partial charge in [0.1, 0.15) is 11.7 Å². The van der Waals surface area contributed by atoms with E-state index in [-0.39, 0.29) is 0 Å². The predicted molar refractivity (Wildman–Crippen MR) is 83.5 cm³/mol. The molecule has 1 aliphatic carbocycles. The lowest BCUT2D eigenvalue weighted by atomic mass is 9.87. The van der Waals surface area contributed by atoms with E-state index < -0.39 is 23.8 Å². The molecule has 1 saturated carbocycles. The van der Waals surface area contributed by atoms with E-state index in [1.807, 2.05) is 26.8 Å². The minimum Gasteiger partial charge on any atom is -0.457 e. The summed E-state index contributed by atoms with van der Waals surface area (Å²) in [6.07, 6.45) is 6.09. The summed E-state index contributed by atoms with van der Waals surface area (Å²) in [6.45, 7) is 7.11. The Morgan fingerprint density at radius 2 is 1.73 bits per heavy atom. The van der Waals surface area contributed by atoms with Gasteiger partial charge in [0.05, 0.1) is 12.7 Å². The van der Waals surface area contributed by atoms with Gasteiger partial charge in [0.2, 0.25) is 0 Å². The van der Waals surface area contributed by atoms with Gasteiger partial charge >= 0.3 is 12.1 Å². The van der Waals surface area contributed by atoms with Crippen LogP contribution in [0.3, 0.4) is 0 Å². The average Bonchev–Trinajstić information content (AvgIpc) is 2.43. The highest BCUT2D eigenvalue weighted by Gasteiger charge is 2.27. The third-order valence-corrected chi connectivity index (χ3v) is 3.58. The van der Waals surface area contributed by atoms with Gasteiger partial charge in [-0.3, -0.25) is 0 Å². The minimum absolute atomic E-state index is 0.333. The molecule has 0 saturated heterocycles. The zero-order chi connectivity index (χ0) is 16.8. The summed E-state index contributed by atoms with van der Waals surface area (Å²) < 4.78 is 15.0. The molecule has 0 aliphatic heterocycles. The Hall–Kier alpha value is -1.52. The maximum absolute atomic E-state index is 12.4. The summed E-state index contributed by atoms with van der Waals surface area (Å²) in [6, 6.07) is 0. The fraction of sp³-hybridized carbons (Fsp3) is 0.765. The van der Waals surface area contributed by atoms with Gasteiger partial charge in [-0.2, -0.15) is 0 Å². The van der Waals surface area contributed by atoms with Crippen molar-refractivity contribution in [1.29, 1.82) is 0 Å². The van der Waals surface area contributed by atoms with Gasteiger partial charge in [0.15, 0.2) is 0 Å². The van der Waals surface area contributed by atoms with E-state index in [2.05, 4.69) is 4.74 Å². The first-order valence-corrected chi connectivity index (χ1v) is 7.92. The third-order valence-electron chi connectivity index (χ3n) is 3.58. The Kier molecular flexibility index (Phi) is 6.91. The van der Waals surface area contributed by atoms with Crippen molar-refractivity contribution in [2.45, 2.75) is 71.5 Å². The number of methoxy groups -OCH3 is 1. The molecule has 0 bridgehead atoms. The minimum atomic E-state index is -0.800. The standard InChI is InChI=1S/C17H28O5/c1-12(21-16(19)20-5)14(15(18)22-17(2,3)4)11-13-9-7-6-8-10-13/h11-13H,6-10H2,1-5H3/b14-11-/t12-/m1/s1. The molecule has 0 unspecified atom stereocenters. The number of esters is 1. The van der Waals surface area contributed by atoms with Crippen molar-refractivity contribution in [2.75, 3.05) is 7.11 Å². The van der Waals surface area contributed by atoms with Crippen molar-refractivity contribution in [3.63, 3.8) is 0 Å². The molecule has 5 heteroatoms. The first-order chi connectivity index (χ1) is 10.2. The normalized spacial score (nSPS) is 18.5. The van der Waals surface area contributed by atoms with E-state index in [0.29, 0.717) is 11.5 Å². The Labute approximate surface area is 133 Å². The molecule has 0 aromatic carbocycles. The molecule has 0 heterocycles. The molecular weight excluding hydrogens is 284 g/mol. The molecule has 0 aromatic heterocycles. The van der Waals surface area contributed by atoms with Crippen molar-refractivity contribution >= 4 is 12.1 Å². The zero-order valence-corrected chi connectivity index (χ0v) is 14.3. The van der Waals surface area contributed by atoms with Gasteiger partial charge in [-0.25, -0.2) is 9.59 Å². The highest BCUT2D eigenvalue weighted by molar-refractivity contribution is 5.90. The fourth-order valence-corrected chi connectivity index (χ4v) is 2.52. The van der Waals surface area contributed by atoms with Gasteiger partial charge in [-0.05, 0) is 46.5 Å². The first kappa shape index (κ1) is 18.5. The average molecular weight is 312 g/mol. The number of allylic oxidation sites excluding steroid dienone is 1. The number of carbonyl (C=O) groups excluding carboxylic acids is 2. The summed E-state index contributed by atoms with van der Waals surface area (Å²) in [5.41, 5.74) is -0.194. The van der Waals surface area contributed by atoms with Crippen LogP contribution in [-0.4, -0.2) is 30.9 Å². The second kappa shape index (κ2) is 8.20. The lowest BCUT2D eigenvalue weighted by Gasteiger charge is -2.25. The van der Waals surface area contributed by atoms with Crippen LogP contribution in [0.1, 0.15) is 59.8 Å². The van der Waals surface area contributed by atoms with Crippen molar-refractivity contribution in [3.05, 3.63) is 11.6 Å². The zero-order valence-electron chi connectivity index (χ0n) is 14.3. The van der Waals surface area contributed by atoms with Crippen LogP contribution in [0.15, 0.2) is 11.6 Å². The van der Waals surface area contributed by atoms with Crippen LogP contribution in [0.2, 0.25) is 0 Å². The van der Waals surface area contributed by atoms with Gasteiger partial charge in [0.25, 0.3) is 0 Å². The number of hydrogen-bond acceptors (Lipinski definition) is 5. The Balaban J connectivity index is 2.90. The van der Waals surface area contributed by atoms with Crippen LogP contribution < -0.4 is 0 Å². The van der Waals surface area contributed by atoms with E-state index >= 15 is 0 Å². The van der Waals surface area contributed by atoms with Crippen LogP contribution in [0.4, 0.5) is 4.79 Å². The van der Waals surface area contributed by atoms with E-state index in [0.717, 1.165) is 25.7 Å². The monoisotopic (exact) mass is 312 g/mol. The molecule has 0 radical (unpaired) electrons. The lowest BCUT2D eigenvalue weighted by Crippen LogP contribution is -2.30. The molecule has 1 fully saturated rings. The second-order valence-electron chi connectivity index (χ2n) is 6.74. The summed E-state index contributed by atoms with van der Waals surface area (Å²) in [7, 11) is 1.24. The van der Waals surface area contributed by atoms with Crippen molar-refractivity contribution in [1.82, 2.24) is 0 Å². The summed E-state index contributed by atoms with van der Waals surface area (Å²) >= 11 is 0. The van der Waals surface area contributed by atoms with Gasteiger partial charge < -0.3 is 14.2 Å². The van der Waals surface area contributed by atoms with Crippen LogP contribution >= 0.6 is 0 Å². The van der Waals surface area contributed by atoms with E-state index in [1.165, 1.54) is 13.5 Å². The largest absolute Gasteiger partial charge is 0.508 e. The molecule has 1 rings (SSSR count). The molecule has 1 aliphatic rings. The van der Waals surface area contributed by atoms with Crippen LogP contribution in [0.5, 0.6) is 0 Å². The smallest absolute Gasteiger partial charge is 0.457 e. The molecule has 5 nitrogen and oxygen atoms in total. The van der Waals surface area contributed by atoms with Crippen molar-refractivity contribution in [3.8, 4) is 0 Å². The molecule has 126 valence electrons. The molecular formula is C17H28O5. The maximum Gasteiger partial charge on any atom is 0.508 e. The summed E-state index contributed by atoms with van der Waals surface area (Å²) in [5.74, 6) is -0.102. The molecule has 0 aromatic rings. The lowest BCUT2D eigenvalue weighted by molar-refractivity contribution is -0.151. The van der Waals surface area contributed by atoms with E-state index in [1.54, 1.807) is 6.92 Å².